The molecule has 0 saturated carbocycles. The molecule has 3 aliphatic rings. The van der Waals surface area contributed by atoms with Crippen LogP contribution in [0.3, 0.4) is 0 Å². The molecule has 88 valence electrons. The fraction of sp³-hybridized carbons (Fsp3) is 0.733. The quantitative estimate of drug-likeness (QED) is 0.640. The lowest BCUT2D eigenvalue weighted by Gasteiger charge is -2.60. The van der Waals surface area contributed by atoms with E-state index in [0.717, 1.165) is 24.0 Å². The van der Waals surface area contributed by atoms with E-state index in [-0.39, 0.29) is 0 Å². The zero-order valence-electron chi connectivity index (χ0n) is 10.3. The van der Waals surface area contributed by atoms with Gasteiger partial charge in [0.2, 0.25) is 0 Å². The summed E-state index contributed by atoms with van der Waals surface area (Å²) in [5.41, 5.74) is 0. The molecule has 0 radical (unpaired) electrons. The third-order valence-electron chi connectivity index (χ3n) is 4.63. The highest BCUT2D eigenvalue weighted by molar-refractivity contribution is 5.27. The topological polar surface area (TPSA) is 3.24 Å². The van der Waals surface area contributed by atoms with Gasteiger partial charge in [-0.15, -0.1) is 0 Å². The second kappa shape index (κ2) is 4.37. The summed E-state index contributed by atoms with van der Waals surface area (Å²) in [6.45, 7) is 2.34. The molecule has 1 aliphatic heterocycles. The Kier molecular flexibility index (Phi) is 2.89. The molecule has 1 heterocycles. The van der Waals surface area contributed by atoms with Crippen LogP contribution in [0.5, 0.6) is 0 Å². The van der Waals surface area contributed by atoms with Gasteiger partial charge in [0.15, 0.2) is 0 Å². The van der Waals surface area contributed by atoms with Crippen molar-refractivity contribution in [1.29, 1.82) is 0 Å². The van der Waals surface area contributed by atoms with Crippen molar-refractivity contribution >= 4 is 0 Å². The first-order chi connectivity index (χ1) is 7.92. The molecule has 2 unspecified atom stereocenters. The second-order valence-corrected chi connectivity index (χ2v) is 5.51. The summed E-state index contributed by atoms with van der Waals surface area (Å²) in [6.07, 6.45) is 18.0. The normalized spacial score (nSPS) is 44.8. The Morgan fingerprint density at radius 3 is 2.81 bits per heavy atom. The van der Waals surface area contributed by atoms with Gasteiger partial charge in [0.1, 0.15) is 0 Å². The molecule has 0 aromatic carbocycles. The van der Waals surface area contributed by atoms with Crippen molar-refractivity contribution in [2.24, 2.45) is 5.92 Å². The summed E-state index contributed by atoms with van der Waals surface area (Å²) in [5.74, 6) is 0.892. The standard InChI is InChI=1S/C15H23N/c1-2-14-13-10-11-15(13)16(14)12-8-6-4-3-5-7-9-12/h6,8,10-15H,2-5,7,9H2,1H3/b8-6-/t12?,13?,14-,15-/m1/s1. The first-order valence-electron chi connectivity index (χ1n) is 7.04. The predicted octanol–water partition coefficient (Wildman–Crippen LogP) is 3.52. The van der Waals surface area contributed by atoms with E-state index in [2.05, 4.69) is 36.1 Å². The first kappa shape index (κ1) is 10.6. The molecule has 1 fully saturated rings. The average Bonchev–Trinajstić information content (AvgIpc) is 2.21. The highest BCUT2D eigenvalue weighted by Crippen LogP contribution is 2.45. The van der Waals surface area contributed by atoms with Crippen LogP contribution in [-0.2, 0) is 0 Å². The third-order valence-corrected chi connectivity index (χ3v) is 4.63. The summed E-state index contributed by atoms with van der Waals surface area (Å²) in [6, 6.07) is 2.36. The molecular formula is C15H23N. The summed E-state index contributed by atoms with van der Waals surface area (Å²) in [5, 5.41) is 0. The van der Waals surface area contributed by atoms with E-state index in [0.29, 0.717) is 0 Å². The lowest BCUT2D eigenvalue weighted by atomic mass is 9.69. The van der Waals surface area contributed by atoms with Gasteiger partial charge in [0.25, 0.3) is 0 Å². The van der Waals surface area contributed by atoms with Gasteiger partial charge in [0.05, 0.1) is 0 Å². The molecule has 2 aliphatic carbocycles. The van der Waals surface area contributed by atoms with Gasteiger partial charge < -0.3 is 0 Å². The van der Waals surface area contributed by atoms with Crippen LogP contribution in [0.2, 0.25) is 0 Å². The van der Waals surface area contributed by atoms with Crippen molar-refractivity contribution in [3.63, 3.8) is 0 Å². The number of likely N-dealkylation sites (tertiary alicyclic amines) is 1. The summed E-state index contributed by atoms with van der Waals surface area (Å²) >= 11 is 0. The Bertz CT molecular complexity index is 305. The number of hydrogen-bond acceptors (Lipinski definition) is 1. The van der Waals surface area contributed by atoms with Crippen LogP contribution in [0.15, 0.2) is 24.3 Å². The van der Waals surface area contributed by atoms with Crippen LogP contribution in [0.25, 0.3) is 0 Å². The lowest BCUT2D eigenvalue weighted by molar-refractivity contribution is -0.0498. The van der Waals surface area contributed by atoms with Crippen LogP contribution >= 0.6 is 0 Å². The Morgan fingerprint density at radius 1 is 1.12 bits per heavy atom. The van der Waals surface area contributed by atoms with Gasteiger partial charge in [0, 0.05) is 24.0 Å². The van der Waals surface area contributed by atoms with E-state index in [1.807, 2.05) is 0 Å². The van der Waals surface area contributed by atoms with E-state index in [9.17, 15) is 0 Å². The van der Waals surface area contributed by atoms with E-state index < -0.39 is 0 Å². The maximum Gasteiger partial charge on any atom is 0.0365 e. The first-order valence-corrected chi connectivity index (χ1v) is 7.04. The number of hydrogen-bond donors (Lipinski definition) is 0. The molecule has 3 rings (SSSR count). The molecule has 4 atom stereocenters. The average molecular weight is 217 g/mol. The summed E-state index contributed by atoms with van der Waals surface area (Å²) in [4.78, 5) is 2.77. The van der Waals surface area contributed by atoms with Crippen LogP contribution < -0.4 is 0 Å². The van der Waals surface area contributed by atoms with Crippen molar-refractivity contribution in [2.45, 2.75) is 63.6 Å². The molecule has 1 saturated heterocycles. The number of nitrogens with zero attached hydrogens (tertiary/aromatic N) is 1. The number of fused-ring (bicyclic) bond motifs is 1. The fourth-order valence-electron chi connectivity index (χ4n) is 3.65. The van der Waals surface area contributed by atoms with E-state index in [4.69, 9.17) is 0 Å². The van der Waals surface area contributed by atoms with E-state index in [1.165, 1.54) is 38.5 Å². The van der Waals surface area contributed by atoms with Crippen molar-refractivity contribution < 1.29 is 0 Å². The zero-order chi connectivity index (χ0) is 11.0. The predicted molar refractivity (Wildman–Crippen MR) is 68.3 cm³/mol. The van der Waals surface area contributed by atoms with Crippen molar-refractivity contribution in [3.05, 3.63) is 24.3 Å². The third kappa shape index (κ3) is 1.57. The minimum atomic E-state index is 0.733. The van der Waals surface area contributed by atoms with Gasteiger partial charge in [-0.1, -0.05) is 44.1 Å². The number of rotatable bonds is 2. The Balaban J connectivity index is 1.71. The van der Waals surface area contributed by atoms with Gasteiger partial charge >= 0.3 is 0 Å². The summed E-state index contributed by atoms with van der Waals surface area (Å²) in [7, 11) is 0. The van der Waals surface area contributed by atoms with Crippen LogP contribution in [0.4, 0.5) is 0 Å². The zero-order valence-corrected chi connectivity index (χ0v) is 10.3. The maximum absolute atomic E-state index is 2.77. The SMILES string of the molecule is CC[C@@H]1C2C=C[C@H]2N1C1/C=C\CCCCC1. The second-order valence-electron chi connectivity index (χ2n) is 5.51. The molecule has 0 amide bonds. The molecule has 0 N–H and O–H groups in total. The van der Waals surface area contributed by atoms with Crippen LogP contribution in [0.1, 0.15) is 45.4 Å². The highest BCUT2D eigenvalue weighted by atomic mass is 15.3. The minimum Gasteiger partial charge on any atom is -0.286 e. The largest absolute Gasteiger partial charge is 0.286 e. The monoisotopic (exact) mass is 217 g/mol. The lowest BCUT2D eigenvalue weighted by Crippen LogP contribution is -2.68. The maximum atomic E-state index is 2.77. The molecule has 0 bridgehead atoms. The Labute approximate surface area is 99.2 Å². The smallest absolute Gasteiger partial charge is 0.0365 e. The van der Waals surface area contributed by atoms with Crippen LogP contribution in [0, 0.1) is 5.92 Å². The van der Waals surface area contributed by atoms with Crippen LogP contribution in [-0.4, -0.2) is 23.0 Å². The van der Waals surface area contributed by atoms with E-state index in [1.54, 1.807) is 0 Å². The molecule has 1 heteroatoms. The highest BCUT2D eigenvalue weighted by Gasteiger charge is 2.50. The van der Waals surface area contributed by atoms with Crippen molar-refractivity contribution in [2.75, 3.05) is 0 Å². The van der Waals surface area contributed by atoms with Gasteiger partial charge in [-0.3, -0.25) is 4.90 Å². The Morgan fingerprint density at radius 2 is 2.06 bits per heavy atom. The van der Waals surface area contributed by atoms with Crippen molar-refractivity contribution in [1.82, 2.24) is 4.90 Å². The minimum absolute atomic E-state index is 0.733. The molecular weight excluding hydrogens is 194 g/mol. The van der Waals surface area contributed by atoms with Gasteiger partial charge in [-0.2, -0.15) is 0 Å². The number of allylic oxidation sites excluding steroid dienone is 1. The molecule has 1 nitrogen and oxygen atoms in total. The molecule has 16 heavy (non-hydrogen) atoms. The van der Waals surface area contributed by atoms with Gasteiger partial charge in [-0.05, 0) is 25.7 Å². The molecule has 0 aromatic rings. The van der Waals surface area contributed by atoms with Crippen molar-refractivity contribution in [3.8, 4) is 0 Å². The van der Waals surface area contributed by atoms with E-state index >= 15 is 0 Å². The van der Waals surface area contributed by atoms with Gasteiger partial charge in [-0.25, -0.2) is 0 Å². The molecule has 0 aromatic heterocycles. The Hall–Kier alpha value is -0.560. The summed E-state index contributed by atoms with van der Waals surface area (Å²) < 4.78 is 0. The fourth-order valence-corrected chi connectivity index (χ4v) is 3.65. The molecule has 0 spiro atoms.